The average molecular weight is 593 g/mol. The van der Waals surface area contributed by atoms with Gasteiger partial charge in [0.15, 0.2) is 0 Å². The van der Waals surface area contributed by atoms with Gasteiger partial charge in [-0.3, -0.25) is 4.55 Å². The number of hydrogen-bond acceptors (Lipinski definition) is 5. The third-order valence-corrected chi connectivity index (χ3v) is 7.97. The van der Waals surface area contributed by atoms with Crippen molar-refractivity contribution in [3.05, 3.63) is 59.2 Å². The Morgan fingerprint density at radius 2 is 1.20 bits per heavy atom. The summed E-state index contributed by atoms with van der Waals surface area (Å²) in [7, 11) is -4.39. The molecule has 0 unspecified atom stereocenters. The molecule has 2 N–H and O–H groups in total. The summed E-state index contributed by atoms with van der Waals surface area (Å²) in [5.74, 6) is 0.458. The van der Waals surface area contributed by atoms with Crippen LogP contribution in [0.3, 0.4) is 0 Å². The Morgan fingerprint density at radius 3 is 1.68 bits per heavy atom. The predicted molar refractivity (Wildman–Crippen MR) is 169 cm³/mol. The summed E-state index contributed by atoms with van der Waals surface area (Å²) in [5, 5.41) is 7.88. The highest BCUT2D eigenvalue weighted by Crippen LogP contribution is 2.31. The summed E-state index contributed by atoms with van der Waals surface area (Å²) in [6.45, 7) is 7.32. The van der Waals surface area contributed by atoms with Gasteiger partial charge in [0.2, 0.25) is 0 Å². The highest BCUT2D eigenvalue weighted by atomic mass is 32.2. The van der Waals surface area contributed by atoms with E-state index >= 15 is 0 Å². The first-order valence-electron chi connectivity index (χ1n) is 15.8. The van der Waals surface area contributed by atoms with E-state index in [0.29, 0.717) is 31.1 Å². The molecule has 0 bridgehead atoms. The molecule has 0 fully saturated rings. The van der Waals surface area contributed by atoms with Gasteiger partial charge in [-0.05, 0) is 37.0 Å². The quantitative estimate of drug-likeness (QED) is 0.105. The number of aliphatic hydroxyl groups is 1. The highest BCUT2D eigenvalue weighted by Gasteiger charge is 2.21. The normalized spacial score (nSPS) is 11.2. The summed E-state index contributed by atoms with van der Waals surface area (Å²) in [4.78, 5) is -0.151. The van der Waals surface area contributed by atoms with Crippen LogP contribution in [0, 0.1) is 6.92 Å². The SMILES string of the molecule is CCCCCCCCCCCCCCCCOCc1c(S(=O)(=O)O)ccc(C)c1OCc1ccccc1.CCCO. The predicted octanol–water partition coefficient (Wildman–Crippen LogP) is 9.21. The number of unbranched alkanes of at least 4 members (excludes halogenated alkanes) is 13. The molecule has 0 aliphatic heterocycles. The fourth-order valence-electron chi connectivity index (χ4n) is 4.61. The van der Waals surface area contributed by atoms with Crippen molar-refractivity contribution < 1.29 is 27.6 Å². The first-order chi connectivity index (χ1) is 19.8. The number of aliphatic hydroxyl groups excluding tert-OH is 1. The Hall–Kier alpha value is -1.93. The molecule has 0 spiro atoms. The molecule has 0 atom stereocenters. The molecule has 0 aromatic heterocycles. The van der Waals surface area contributed by atoms with Crippen molar-refractivity contribution in [1.29, 1.82) is 0 Å². The largest absolute Gasteiger partial charge is 0.488 e. The van der Waals surface area contributed by atoms with Crippen LogP contribution >= 0.6 is 0 Å². The van der Waals surface area contributed by atoms with Crippen molar-refractivity contribution in [3.8, 4) is 5.75 Å². The molecule has 2 rings (SSSR count). The number of rotatable bonds is 22. The highest BCUT2D eigenvalue weighted by molar-refractivity contribution is 7.85. The summed E-state index contributed by atoms with van der Waals surface area (Å²) in [6.07, 6.45) is 19.0. The van der Waals surface area contributed by atoms with Crippen molar-refractivity contribution in [2.24, 2.45) is 0 Å². The summed E-state index contributed by atoms with van der Waals surface area (Å²) in [5.41, 5.74) is 2.16. The molecule has 234 valence electrons. The molecule has 0 radical (unpaired) electrons. The maximum Gasteiger partial charge on any atom is 0.295 e. The molecule has 2 aromatic rings. The molecule has 0 saturated carbocycles. The third kappa shape index (κ3) is 17.6. The van der Waals surface area contributed by atoms with E-state index in [0.717, 1.165) is 30.4 Å². The van der Waals surface area contributed by atoms with Crippen molar-refractivity contribution in [3.63, 3.8) is 0 Å². The second kappa shape index (κ2) is 23.6. The number of aryl methyl sites for hydroxylation is 1. The molecule has 41 heavy (non-hydrogen) atoms. The van der Waals surface area contributed by atoms with Crippen LogP contribution in [-0.2, 0) is 28.1 Å². The lowest BCUT2D eigenvalue weighted by Crippen LogP contribution is -2.09. The lowest BCUT2D eigenvalue weighted by molar-refractivity contribution is 0.112. The maximum absolute atomic E-state index is 12.0. The van der Waals surface area contributed by atoms with Crippen LogP contribution in [0.5, 0.6) is 5.75 Å². The zero-order valence-electron chi connectivity index (χ0n) is 25.9. The van der Waals surface area contributed by atoms with Gasteiger partial charge in [0.05, 0.1) is 6.61 Å². The molecule has 7 heteroatoms. The smallest absolute Gasteiger partial charge is 0.295 e. The Bertz CT molecular complexity index is 1010. The van der Waals surface area contributed by atoms with Gasteiger partial charge < -0.3 is 14.6 Å². The Morgan fingerprint density at radius 1 is 0.683 bits per heavy atom. The molecule has 0 saturated heterocycles. The number of benzene rings is 2. The second-order valence-electron chi connectivity index (χ2n) is 10.8. The van der Waals surface area contributed by atoms with E-state index in [1.807, 2.05) is 44.2 Å². The standard InChI is InChI=1S/C31H48O5S.C3H8O/c1-3-4-5-6-7-8-9-10-11-12-13-14-15-19-24-35-26-29-30(37(32,33)34)23-22-27(2)31(29)36-25-28-20-17-16-18-21-28;1-2-3-4/h16-18,20-23H,3-15,19,24-26H2,1-2H3,(H,32,33,34);4H,2-3H2,1H3. The van der Waals surface area contributed by atoms with E-state index in [4.69, 9.17) is 14.6 Å². The zero-order valence-corrected chi connectivity index (χ0v) is 26.7. The summed E-state index contributed by atoms with van der Waals surface area (Å²) < 4.78 is 45.7. The minimum absolute atomic E-state index is 0.0827. The van der Waals surface area contributed by atoms with Crippen molar-refractivity contribution in [1.82, 2.24) is 0 Å². The van der Waals surface area contributed by atoms with Gasteiger partial charge >= 0.3 is 0 Å². The molecule has 0 aliphatic rings. The fourth-order valence-corrected chi connectivity index (χ4v) is 5.31. The summed E-state index contributed by atoms with van der Waals surface area (Å²) in [6, 6.07) is 12.8. The van der Waals surface area contributed by atoms with Crippen LogP contribution in [0.1, 0.15) is 127 Å². The van der Waals surface area contributed by atoms with E-state index in [1.165, 1.54) is 83.1 Å². The lowest BCUT2D eigenvalue weighted by atomic mass is 10.0. The Kier molecular flexibility index (Phi) is 21.4. The molecule has 0 aliphatic carbocycles. The minimum Gasteiger partial charge on any atom is -0.488 e. The van der Waals surface area contributed by atoms with Crippen LogP contribution in [0.25, 0.3) is 0 Å². The van der Waals surface area contributed by atoms with Crippen molar-refractivity contribution >= 4 is 10.1 Å². The average Bonchev–Trinajstić information content (AvgIpc) is 2.96. The van der Waals surface area contributed by atoms with Crippen LogP contribution < -0.4 is 4.74 Å². The molecule has 2 aromatic carbocycles. The van der Waals surface area contributed by atoms with E-state index in [2.05, 4.69) is 6.92 Å². The molecule has 6 nitrogen and oxygen atoms in total. The van der Waals surface area contributed by atoms with Gasteiger partial charge in [0.1, 0.15) is 17.3 Å². The summed E-state index contributed by atoms with van der Waals surface area (Å²) >= 11 is 0. The molecular formula is C34H56O6S. The first-order valence-corrected chi connectivity index (χ1v) is 17.2. The second-order valence-corrected chi connectivity index (χ2v) is 12.2. The van der Waals surface area contributed by atoms with Gasteiger partial charge in [-0.2, -0.15) is 8.42 Å². The fraction of sp³-hybridized carbons (Fsp3) is 0.647. The zero-order chi connectivity index (χ0) is 30.2. The van der Waals surface area contributed by atoms with E-state index in [1.54, 1.807) is 6.07 Å². The molecule has 0 amide bonds. The number of ether oxygens (including phenoxy) is 2. The van der Waals surface area contributed by atoms with Gasteiger partial charge in [0, 0.05) is 18.8 Å². The first kappa shape index (κ1) is 37.1. The molecule has 0 heterocycles. The molecular weight excluding hydrogens is 536 g/mol. The lowest BCUT2D eigenvalue weighted by Gasteiger charge is -2.17. The van der Waals surface area contributed by atoms with E-state index < -0.39 is 10.1 Å². The van der Waals surface area contributed by atoms with Crippen LogP contribution in [0.4, 0.5) is 0 Å². The maximum atomic E-state index is 12.0. The monoisotopic (exact) mass is 592 g/mol. The van der Waals surface area contributed by atoms with Gasteiger partial charge in [-0.1, -0.05) is 134 Å². The van der Waals surface area contributed by atoms with E-state index in [9.17, 15) is 13.0 Å². The topological polar surface area (TPSA) is 93.1 Å². The van der Waals surface area contributed by atoms with Crippen LogP contribution in [0.15, 0.2) is 47.4 Å². The minimum atomic E-state index is -4.39. The van der Waals surface area contributed by atoms with Crippen LogP contribution in [-0.4, -0.2) is 31.3 Å². The van der Waals surface area contributed by atoms with Gasteiger partial charge in [0.25, 0.3) is 10.1 Å². The van der Waals surface area contributed by atoms with Crippen molar-refractivity contribution in [2.75, 3.05) is 13.2 Å². The Labute approximate surface area is 250 Å². The van der Waals surface area contributed by atoms with Crippen molar-refractivity contribution in [2.45, 2.75) is 135 Å². The van der Waals surface area contributed by atoms with E-state index in [-0.39, 0.29) is 11.5 Å². The Balaban J connectivity index is 0.00000196. The van der Waals surface area contributed by atoms with Gasteiger partial charge in [-0.25, -0.2) is 0 Å². The number of hydrogen-bond donors (Lipinski definition) is 2. The van der Waals surface area contributed by atoms with Crippen LogP contribution in [0.2, 0.25) is 0 Å². The third-order valence-electron chi connectivity index (χ3n) is 7.03. The van der Waals surface area contributed by atoms with Gasteiger partial charge in [-0.15, -0.1) is 0 Å².